The van der Waals surface area contributed by atoms with Gasteiger partial charge >= 0.3 is 6.01 Å². The molecule has 8 nitrogen and oxygen atoms in total. The first-order valence-corrected chi connectivity index (χ1v) is 4.73. The summed E-state index contributed by atoms with van der Waals surface area (Å²) in [5.74, 6) is 5.12. The van der Waals surface area contributed by atoms with Crippen molar-refractivity contribution < 1.29 is 9.21 Å². The van der Waals surface area contributed by atoms with Gasteiger partial charge in [-0.3, -0.25) is 16.0 Å². The van der Waals surface area contributed by atoms with E-state index in [-0.39, 0.29) is 11.7 Å². The van der Waals surface area contributed by atoms with Gasteiger partial charge in [0.1, 0.15) is 5.69 Å². The fourth-order valence-corrected chi connectivity index (χ4v) is 1.12. The molecule has 8 heteroatoms. The summed E-state index contributed by atoms with van der Waals surface area (Å²) in [6.07, 6.45) is 1.44. The summed E-state index contributed by atoms with van der Waals surface area (Å²) in [7, 11) is 0. The molecule has 0 aliphatic heterocycles. The van der Waals surface area contributed by atoms with Crippen LogP contribution in [0.5, 0.6) is 0 Å². The monoisotopic (exact) mass is 234 g/mol. The van der Waals surface area contributed by atoms with E-state index in [4.69, 9.17) is 10.3 Å². The number of hydrazine groups is 1. The van der Waals surface area contributed by atoms with Crippen molar-refractivity contribution in [3.05, 3.63) is 29.9 Å². The number of carbonyl (C=O) groups excluding carboxylic acids is 1. The summed E-state index contributed by atoms with van der Waals surface area (Å²) in [5, 5.41) is 9.64. The molecule has 0 radical (unpaired) electrons. The van der Waals surface area contributed by atoms with E-state index in [0.29, 0.717) is 11.6 Å². The van der Waals surface area contributed by atoms with Crippen LogP contribution in [-0.4, -0.2) is 21.1 Å². The number of nitrogens with two attached hydrogens (primary N) is 1. The zero-order valence-electron chi connectivity index (χ0n) is 8.97. The number of hydrogen-bond acceptors (Lipinski definition) is 7. The smallest absolute Gasteiger partial charge is 0.322 e. The average molecular weight is 234 g/mol. The first-order valence-electron chi connectivity index (χ1n) is 4.73. The van der Waals surface area contributed by atoms with Crippen molar-refractivity contribution in [2.75, 3.05) is 10.7 Å². The molecule has 0 saturated heterocycles. The van der Waals surface area contributed by atoms with Crippen LogP contribution in [0.3, 0.4) is 0 Å². The predicted molar refractivity (Wildman–Crippen MR) is 59.0 cm³/mol. The minimum Gasteiger partial charge on any atom is -0.408 e. The number of aromatic nitrogens is 3. The van der Waals surface area contributed by atoms with E-state index in [2.05, 4.69) is 25.9 Å². The van der Waals surface area contributed by atoms with Crippen molar-refractivity contribution in [2.24, 2.45) is 5.84 Å². The molecule has 2 heterocycles. The number of nitrogens with one attached hydrogen (secondary N) is 2. The van der Waals surface area contributed by atoms with Crippen LogP contribution in [0.4, 0.5) is 11.7 Å². The van der Waals surface area contributed by atoms with E-state index in [9.17, 15) is 4.79 Å². The third-order valence-corrected chi connectivity index (χ3v) is 1.91. The second-order valence-electron chi connectivity index (χ2n) is 3.16. The van der Waals surface area contributed by atoms with Crippen molar-refractivity contribution >= 4 is 17.6 Å². The molecule has 1 amide bonds. The van der Waals surface area contributed by atoms with E-state index < -0.39 is 5.91 Å². The van der Waals surface area contributed by atoms with E-state index >= 15 is 0 Å². The van der Waals surface area contributed by atoms with Crippen LogP contribution < -0.4 is 16.6 Å². The number of aryl methyl sites for hydroxylation is 1. The molecule has 17 heavy (non-hydrogen) atoms. The second-order valence-corrected chi connectivity index (χ2v) is 3.16. The minimum absolute atomic E-state index is 0.0373. The Balaban J connectivity index is 2.09. The minimum atomic E-state index is -0.433. The van der Waals surface area contributed by atoms with Crippen LogP contribution in [0.15, 0.2) is 22.7 Å². The lowest BCUT2D eigenvalue weighted by Gasteiger charge is -2.01. The highest BCUT2D eigenvalue weighted by Gasteiger charge is 2.11. The molecule has 0 aliphatic rings. The Hall–Kier alpha value is -2.48. The van der Waals surface area contributed by atoms with E-state index in [1.54, 1.807) is 13.0 Å². The molecule has 4 N–H and O–H groups in total. The number of carbonyl (C=O) groups is 1. The fraction of sp³-hybridized carbons (Fsp3) is 0.111. The normalized spacial score (nSPS) is 10.0. The summed E-state index contributed by atoms with van der Waals surface area (Å²) in [6, 6.07) is 3.18. The van der Waals surface area contributed by atoms with Gasteiger partial charge in [0.25, 0.3) is 5.91 Å². The lowest BCUT2D eigenvalue weighted by atomic mass is 10.3. The van der Waals surface area contributed by atoms with Crippen molar-refractivity contribution in [1.29, 1.82) is 0 Å². The third kappa shape index (κ3) is 2.55. The van der Waals surface area contributed by atoms with Crippen LogP contribution >= 0.6 is 0 Å². The zero-order valence-corrected chi connectivity index (χ0v) is 8.97. The highest BCUT2D eigenvalue weighted by atomic mass is 16.4. The molecule has 0 aromatic carbocycles. The number of hydrogen-bond donors (Lipinski definition) is 3. The van der Waals surface area contributed by atoms with Crippen LogP contribution in [0, 0.1) is 6.92 Å². The molecule has 0 spiro atoms. The average Bonchev–Trinajstić information content (AvgIpc) is 2.75. The number of nitrogen functional groups attached to an aromatic ring is 1. The number of pyridine rings is 1. The van der Waals surface area contributed by atoms with Gasteiger partial charge in [0.2, 0.25) is 5.89 Å². The largest absolute Gasteiger partial charge is 0.408 e. The first kappa shape index (κ1) is 11.0. The standard InChI is InChI=1S/C9H10N6O2/c1-5-14-15-9(17-5)12-8(16)7-3-2-6(13-10)4-11-7/h2-4,13H,10H2,1H3,(H,12,15,16). The molecule has 0 fully saturated rings. The summed E-state index contributed by atoms with van der Waals surface area (Å²) < 4.78 is 5.01. The topological polar surface area (TPSA) is 119 Å². The maximum absolute atomic E-state index is 11.7. The van der Waals surface area contributed by atoms with Gasteiger partial charge < -0.3 is 9.84 Å². The van der Waals surface area contributed by atoms with Gasteiger partial charge in [0.15, 0.2) is 0 Å². The summed E-state index contributed by atoms with van der Waals surface area (Å²) in [5.41, 5.74) is 3.24. The van der Waals surface area contributed by atoms with Gasteiger partial charge in [0.05, 0.1) is 11.9 Å². The van der Waals surface area contributed by atoms with Gasteiger partial charge in [-0.15, -0.1) is 5.10 Å². The summed E-state index contributed by atoms with van der Waals surface area (Å²) >= 11 is 0. The van der Waals surface area contributed by atoms with Crippen molar-refractivity contribution in [1.82, 2.24) is 15.2 Å². The fourth-order valence-electron chi connectivity index (χ4n) is 1.12. The Bertz CT molecular complexity index is 521. The predicted octanol–water partition coefficient (Wildman–Crippen LogP) is 0.311. The third-order valence-electron chi connectivity index (χ3n) is 1.91. The molecule has 2 aromatic heterocycles. The van der Waals surface area contributed by atoms with Gasteiger partial charge in [-0.2, -0.15) is 0 Å². The molecule has 0 unspecified atom stereocenters. The van der Waals surface area contributed by atoms with Crippen LogP contribution in [0.25, 0.3) is 0 Å². The Morgan fingerprint density at radius 1 is 1.41 bits per heavy atom. The zero-order chi connectivity index (χ0) is 12.3. The summed E-state index contributed by atoms with van der Waals surface area (Å²) in [4.78, 5) is 15.6. The maximum Gasteiger partial charge on any atom is 0.322 e. The molecule has 2 rings (SSSR count). The van der Waals surface area contributed by atoms with E-state index in [1.165, 1.54) is 12.3 Å². The second kappa shape index (κ2) is 4.58. The first-order chi connectivity index (χ1) is 8.19. The van der Waals surface area contributed by atoms with Gasteiger partial charge in [0, 0.05) is 6.92 Å². The highest BCUT2D eigenvalue weighted by Crippen LogP contribution is 2.08. The Kier molecular flexibility index (Phi) is 2.97. The quantitative estimate of drug-likeness (QED) is 0.516. The van der Waals surface area contributed by atoms with Gasteiger partial charge in [-0.1, -0.05) is 5.10 Å². The SMILES string of the molecule is Cc1nnc(NC(=O)c2ccc(NN)cn2)o1. The van der Waals surface area contributed by atoms with Crippen molar-refractivity contribution in [3.63, 3.8) is 0 Å². The summed E-state index contributed by atoms with van der Waals surface area (Å²) in [6.45, 7) is 1.63. The number of nitrogens with zero attached hydrogens (tertiary/aromatic N) is 3. The molecule has 0 bridgehead atoms. The molecule has 0 atom stereocenters. The lowest BCUT2D eigenvalue weighted by molar-refractivity contribution is 0.101. The number of anilines is 2. The Morgan fingerprint density at radius 2 is 2.24 bits per heavy atom. The maximum atomic E-state index is 11.7. The molecule has 2 aromatic rings. The molecular formula is C9H10N6O2. The number of amides is 1. The highest BCUT2D eigenvalue weighted by molar-refractivity contribution is 6.01. The molecule has 88 valence electrons. The molecule has 0 saturated carbocycles. The van der Waals surface area contributed by atoms with Crippen molar-refractivity contribution in [2.45, 2.75) is 6.92 Å². The Labute approximate surface area is 96.2 Å². The molecular weight excluding hydrogens is 224 g/mol. The van der Waals surface area contributed by atoms with Gasteiger partial charge in [-0.25, -0.2) is 4.98 Å². The van der Waals surface area contributed by atoms with E-state index in [0.717, 1.165) is 0 Å². The van der Waals surface area contributed by atoms with Crippen LogP contribution in [0.1, 0.15) is 16.4 Å². The lowest BCUT2D eigenvalue weighted by Crippen LogP contribution is -2.14. The van der Waals surface area contributed by atoms with Crippen LogP contribution in [0.2, 0.25) is 0 Å². The van der Waals surface area contributed by atoms with Gasteiger partial charge in [-0.05, 0) is 12.1 Å². The van der Waals surface area contributed by atoms with E-state index in [1.807, 2.05) is 0 Å². The Morgan fingerprint density at radius 3 is 2.76 bits per heavy atom. The van der Waals surface area contributed by atoms with Crippen molar-refractivity contribution in [3.8, 4) is 0 Å². The number of rotatable bonds is 3. The molecule has 0 aliphatic carbocycles. The van der Waals surface area contributed by atoms with Crippen LogP contribution in [-0.2, 0) is 0 Å².